The average Bonchev–Trinajstić information content (AvgIpc) is 3.05. The van der Waals surface area contributed by atoms with Crippen LogP contribution in [0.2, 0.25) is 0 Å². The number of para-hydroxylation sites is 1. The summed E-state index contributed by atoms with van der Waals surface area (Å²) in [5, 5.41) is 5.51. The quantitative estimate of drug-likeness (QED) is 0.457. The fraction of sp³-hybridized carbons (Fsp3) is 0.0833. The number of hydrogen-bond acceptors (Lipinski definition) is 2. The van der Waals surface area contributed by atoms with Crippen LogP contribution in [0.15, 0.2) is 89.9 Å². The van der Waals surface area contributed by atoms with E-state index in [1.807, 2.05) is 48.7 Å². The van der Waals surface area contributed by atoms with Crippen LogP contribution in [0.4, 0.5) is 4.39 Å². The first-order chi connectivity index (χ1) is 14.2. The smallest absolute Gasteiger partial charge is 0.278 e. The molecule has 0 N–H and O–H groups in total. The Morgan fingerprint density at radius 2 is 1.59 bits per heavy atom. The van der Waals surface area contributed by atoms with Gasteiger partial charge in [-0.2, -0.15) is 5.10 Å². The van der Waals surface area contributed by atoms with Crippen LogP contribution in [0, 0.1) is 5.82 Å². The third-order valence-electron chi connectivity index (χ3n) is 5.11. The molecule has 2 aliphatic heterocycles. The highest BCUT2D eigenvalue weighted by Gasteiger charge is 2.20. The maximum absolute atomic E-state index is 13.5. The van der Waals surface area contributed by atoms with Gasteiger partial charge in [0.05, 0.1) is 17.6 Å². The summed E-state index contributed by atoms with van der Waals surface area (Å²) >= 11 is 0. The maximum Gasteiger partial charge on any atom is 0.278 e. The molecule has 2 aliphatic rings. The van der Waals surface area contributed by atoms with E-state index in [1.165, 1.54) is 16.8 Å². The summed E-state index contributed by atoms with van der Waals surface area (Å²) in [6.07, 6.45) is 1.88. The zero-order valence-corrected chi connectivity index (χ0v) is 15.6. The highest BCUT2D eigenvalue weighted by atomic mass is 19.1. The van der Waals surface area contributed by atoms with Gasteiger partial charge >= 0.3 is 0 Å². The zero-order chi connectivity index (χ0) is 19.8. The molecule has 0 saturated heterocycles. The van der Waals surface area contributed by atoms with E-state index in [0.717, 1.165) is 16.5 Å². The minimum absolute atomic E-state index is 0.170. The van der Waals surface area contributed by atoms with Gasteiger partial charge in [-0.1, -0.05) is 60.7 Å². The molecule has 0 aliphatic carbocycles. The number of aromatic nitrogens is 3. The van der Waals surface area contributed by atoms with Crippen LogP contribution in [-0.2, 0) is 13.1 Å². The summed E-state index contributed by atoms with van der Waals surface area (Å²) in [5.41, 5.74) is 3.94. The first kappa shape index (κ1) is 17.4. The van der Waals surface area contributed by atoms with Gasteiger partial charge in [-0.15, -0.1) is 0 Å². The van der Waals surface area contributed by atoms with Crippen molar-refractivity contribution in [2.75, 3.05) is 0 Å². The molecule has 5 rings (SSSR count). The Hall–Kier alpha value is -3.73. The van der Waals surface area contributed by atoms with Crippen molar-refractivity contribution in [3.05, 3.63) is 112 Å². The van der Waals surface area contributed by atoms with Gasteiger partial charge in [0.1, 0.15) is 11.5 Å². The highest BCUT2D eigenvalue weighted by Crippen LogP contribution is 2.28. The molecule has 0 saturated carbocycles. The SMILES string of the molecule is O=c1c2cn(Cc3ccccc3)c3ccccc3c-2nn1Cc1cccc(F)c1. The maximum atomic E-state index is 13.5. The van der Waals surface area contributed by atoms with E-state index in [1.54, 1.807) is 12.1 Å². The Bertz CT molecular complexity index is 1340. The van der Waals surface area contributed by atoms with E-state index in [4.69, 9.17) is 0 Å². The van der Waals surface area contributed by atoms with Gasteiger partial charge in [0.2, 0.25) is 0 Å². The molecular weight excluding hydrogens is 365 g/mol. The number of halogens is 1. The molecular formula is C24H18FN3O. The molecule has 0 unspecified atom stereocenters. The van der Waals surface area contributed by atoms with Gasteiger partial charge in [0.25, 0.3) is 5.56 Å². The average molecular weight is 383 g/mol. The van der Waals surface area contributed by atoms with Crippen molar-refractivity contribution >= 4 is 10.9 Å². The van der Waals surface area contributed by atoms with E-state index < -0.39 is 0 Å². The molecule has 3 aromatic carbocycles. The zero-order valence-electron chi connectivity index (χ0n) is 15.6. The van der Waals surface area contributed by atoms with E-state index in [2.05, 4.69) is 21.8 Å². The lowest BCUT2D eigenvalue weighted by Gasteiger charge is -2.13. The van der Waals surface area contributed by atoms with Crippen molar-refractivity contribution in [3.8, 4) is 11.3 Å². The largest absolute Gasteiger partial charge is 0.342 e. The normalized spacial score (nSPS) is 11.3. The molecule has 2 heterocycles. The lowest BCUT2D eigenvalue weighted by atomic mass is 10.1. The Labute approximate surface area is 166 Å². The van der Waals surface area contributed by atoms with Crippen molar-refractivity contribution < 1.29 is 4.39 Å². The standard InChI is InChI=1S/C24H18FN3O/c25-19-10-6-9-18(13-19)15-28-24(29)21-16-27(14-17-7-2-1-3-8-17)22-12-5-4-11-20(22)23(21)26-28/h1-13,16H,14-15H2. The number of fused-ring (bicyclic) bond motifs is 3. The predicted octanol–water partition coefficient (Wildman–Crippen LogP) is 4.54. The van der Waals surface area contributed by atoms with Crippen molar-refractivity contribution in [2.45, 2.75) is 13.1 Å². The number of benzene rings is 3. The first-order valence-electron chi connectivity index (χ1n) is 9.46. The van der Waals surface area contributed by atoms with Crippen molar-refractivity contribution in [1.29, 1.82) is 0 Å². The molecule has 0 fully saturated rings. The summed E-state index contributed by atoms with van der Waals surface area (Å²) in [4.78, 5) is 13.1. The van der Waals surface area contributed by atoms with Crippen LogP contribution in [-0.4, -0.2) is 14.3 Å². The predicted molar refractivity (Wildman–Crippen MR) is 112 cm³/mol. The highest BCUT2D eigenvalue weighted by molar-refractivity contribution is 5.93. The summed E-state index contributed by atoms with van der Waals surface area (Å²) in [7, 11) is 0. The lowest BCUT2D eigenvalue weighted by molar-refractivity contribution is 0.617. The van der Waals surface area contributed by atoms with E-state index in [9.17, 15) is 9.18 Å². The fourth-order valence-electron chi connectivity index (χ4n) is 3.75. The molecule has 3 aromatic rings. The van der Waals surface area contributed by atoms with Crippen molar-refractivity contribution in [3.63, 3.8) is 0 Å². The molecule has 0 atom stereocenters. The third kappa shape index (κ3) is 3.21. The van der Waals surface area contributed by atoms with E-state index in [-0.39, 0.29) is 17.9 Å². The molecule has 29 heavy (non-hydrogen) atoms. The van der Waals surface area contributed by atoms with Crippen LogP contribution >= 0.6 is 0 Å². The van der Waals surface area contributed by atoms with Crippen LogP contribution in [0.1, 0.15) is 11.1 Å². The monoisotopic (exact) mass is 383 g/mol. The Morgan fingerprint density at radius 1 is 0.828 bits per heavy atom. The molecule has 0 bridgehead atoms. The van der Waals surface area contributed by atoms with Gasteiger partial charge in [-0.05, 0) is 29.3 Å². The number of rotatable bonds is 4. The van der Waals surface area contributed by atoms with Crippen LogP contribution in [0.5, 0.6) is 0 Å². The summed E-state index contributed by atoms with van der Waals surface area (Å²) < 4.78 is 17.0. The minimum Gasteiger partial charge on any atom is -0.342 e. The third-order valence-corrected chi connectivity index (χ3v) is 5.11. The second-order valence-corrected chi connectivity index (χ2v) is 7.11. The fourth-order valence-corrected chi connectivity index (χ4v) is 3.75. The van der Waals surface area contributed by atoms with Crippen molar-refractivity contribution in [2.24, 2.45) is 0 Å². The van der Waals surface area contributed by atoms with E-state index >= 15 is 0 Å². The molecule has 0 aromatic heterocycles. The molecule has 5 heteroatoms. The Balaban J connectivity index is 1.67. The number of hydrogen-bond donors (Lipinski definition) is 0. The molecule has 0 radical (unpaired) electrons. The molecule has 142 valence electrons. The van der Waals surface area contributed by atoms with Gasteiger partial charge < -0.3 is 4.57 Å². The van der Waals surface area contributed by atoms with Crippen LogP contribution < -0.4 is 5.56 Å². The lowest BCUT2D eigenvalue weighted by Crippen LogP contribution is -2.18. The van der Waals surface area contributed by atoms with Gasteiger partial charge in [-0.25, -0.2) is 9.07 Å². The number of nitrogens with zero attached hydrogens (tertiary/aromatic N) is 3. The molecule has 0 amide bonds. The Morgan fingerprint density at radius 3 is 2.41 bits per heavy atom. The summed E-state index contributed by atoms with van der Waals surface area (Å²) in [6, 6.07) is 24.3. The second-order valence-electron chi connectivity index (χ2n) is 7.11. The van der Waals surface area contributed by atoms with Crippen molar-refractivity contribution in [1.82, 2.24) is 14.3 Å². The van der Waals surface area contributed by atoms with Gasteiger partial charge in [0, 0.05) is 18.1 Å². The van der Waals surface area contributed by atoms with Crippen LogP contribution in [0.3, 0.4) is 0 Å². The topological polar surface area (TPSA) is 39.8 Å². The summed E-state index contributed by atoms with van der Waals surface area (Å²) in [5.74, 6) is -0.321. The summed E-state index contributed by atoms with van der Waals surface area (Å²) in [6.45, 7) is 0.893. The van der Waals surface area contributed by atoms with Crippen LogP contribution in [0.25, 0.3) is 22.2 Å². The second kappa shape index (κ2) is 7.02. The van der Waals surface area contributed by atoms with E-state index in [0.29, 0.717) is 23.4 Å². The van der Waals surface area contributed by atoms with Gasteiger partial charge in [-0.3, -0.25) is 4.79 Å². The molecule has 0 spiro atoms. The first-order valence-corrected chi connectivity index (χ1v) is 9.46. The molecule has 4 nitrogen and oxygen atoms in total. The minimum atomic E-state index is -0.321. The van der Waals surface area contributed by atoms with Gasteiger partial charge in [0.15, 0.2) is 0 Å². The number of pyridine rings is 1. The Kier molecular flexibility index (Phi) is 4.21.